The van der Waals surface area contributed by atoms with Gasteiger partial charge >= 0.3 is 0 Å². The van der Waals surface area contributed by atoms with E-state index in [0.29, 0.717) is 6.42 Å². The molecule has 0 radical (unpaired) electrons. The van der Waals surface area contributed by atoms with Gasteiger partial charge in [0.2, 0.25) is 12.7 Å². The molecular weight excluding hydrogens is 390 g/mol. The van der Waals surface area contributed by atoms with Crippen LogP contribution in [0.2, 0.25) is 0 Å². The zero-order valence-corrected chi connectivity index (χ0v) is 18.5. The molecule has 2 aliphatic rings. The highest BCUT2D eigenvalue weighted by Crippen LogP contribution is 2.51. The molecule has 31 heavy (non-hydrogen) atoms. The van der Waals surface area contributed by atoms with Gasteiger partial charge in [-0.1, -0.05) is 32.9 Å². The minimum Gasteiger partial charge on any atom is -0.454 e. The Morgan fingerprint density at radius 2 is 1.74 bits per heavy atom. The van der Waals surface area contributed by atoms with E-state index >= 15 is 0 Å². The largest absolute Gasteiger partial charge is 0.454 e. The van der Waals surface area contributed by atoms with Crippen molar-refractivity contribution in [1.29, 1.82) is 0 Å². The highest BCUT2D eigenvalue weighted by Gasteiger charge is 2.50. The lowest BCUT2D eigenvalue weighted by atomic mass is 9.87. The average molecular weight is 418 g/mol. The Morgan fingerprint density at radius 1 is 1.00 bits per heavy atom. The second-order valence-corrected chi connectivity index (χ2v) is 9.78. The van der Waals surface area contributed by atoms with Crippen LogP contribution in [0, 0.1) is 0 Å². The van der Waals surface area contributed by atoms with Gasteiger partial charge in [0.15, 0.2) is 11.5 Å². The SMILES string of the molecule is CC(=O)n1c(C(C)(C)C)cc2cc(CC(=O)C3(c4ccc5c(c4)OCO5)CC3)ccc21. The molecule has 0 N–H and O–H groups in total. The van der Waals surface area contributed by atoms with E-state index < -0.39 is 5.41 Å². The first-order valence-electron chi connectivity index (χ1n) is 10.8. The van der Waals surface area contributed by atoms with Crippen LogP contribution in [0.25, 0.3) is 10.9 Å². The third kappa shape index (κ3) is 3.23. The molecule has 5 nitrogen and oxygen atoms in total. The Hall–Kier alpha value is -3.08. The average Bonchev–Trinajstić information content (AvgIpc) is 3.22. The number of ketones is 1. The normalized spacial score (nSPS) is 16.5. The monoisotopic (exact) mass is 417 g/mol. The molecule has 0 amide bonds. The van der Waals surface area contributed by atoms with Crippen LogP contribution in [-0.4, -0.2) is 23.1 Å². The fraction of sp³-hybridized carbons (Fsp3) is 0.385. The lowest BCUT2D eigenvalue weighted by Crippen LogP contribution is -2.22. The highest BCUT2D eigenvalue weighted by atomic mass is 16.7. The Balaban J connectivity index is 1.45. The highest BCUT2D eigenvalue weighted by molar-refractivity contribution is 5.97. The number of Topliss-reactive ketones (excluding diaryl/α,β-unsaturated/α-hetero) is 1. The molecule has 1 aliphatic heterocycles. The van der Waals surface area contributed by atoms with Gasteiger partial charge in [0.05, 0.1) is 10.9 Å². The summed E-state index contributed by atoms with van der Waals surface area (Å²) in [5, 5.41) is 0.998. The van der Waals surface area contributed by atoms with Crippen molar-refractivity contribution in [3.8, 4) is 11.5 Å². The number of hydrogen-bond donors (Lipinski definition) is 0. The second kappa shape index (κ2) is 6.71. The van der Waals surface area contributed by atoms with E-state index in [0.717, 1.165) is 52.1 Å². The third-order valence-corrected chi connectivity index (χ3v) is 6.52. The van der Waals surface area contributed by atoms with Crippen molar-refractivity contribution in [3.63, 3.8) is 0 Å². The summed E-state index contributed by atoms with van der Waals surface area (Å²) in [7, 11) is 0. The lowest BCUT2D eigenvalue weighted by molar-refractivity contribution is -0.120. The molecule has 2 heterocycles. The molecule has 1 aliphatic carbocycles. The van der Waals surface area contributed by atoms with E-state index in [1.807, 2.05) is 30.3 Å². The van der Waals surface area contributed by atoms with Crippen molar-refractivity contribution in [2.75, 3.05) is 6.79 Å². The first-order chi connectivity index (χ1) is 14.7. The van der Waals surface area contributed by atoms with Crippen LogP contribution in [0.5, 0.6) is 11.5 Å². The number of ether oxygens (including phenoxy) is 2. The quantitative estimate of drug-likeness (QED) is 0.588. The van der Waals surface area contributed by atoms with Crippen molar-refractivity contribution in [2.24, 2.45) is 0 Å². The first-order valence-corrected chi connectivity index (χ1v) is 10.8. The molecule has 5 rings (SSSR count). The third-order valence-electron chi connectivity index (χ3n) is 6.52. The van der Waals surface area contributed by atoms with Gasteiger partial charge in [-0.3, -0.25) is 14.2 Å². The van der Waals surface area contributed by atoms with E-state index in [1.165, 1.54) is 0 Å². The molecule has 0 atom stereocenters. The van der Waals surface area contributed by atoms with Crippen molar-refractivity contribution in [3.05, 3.63) is 59.3 Å². The van der Waals surface area contributed by atoms with E-state index in [2.05, 4.69) is 32.9 Å². The summed E-state index contributed by atoms with van der Waals surface area (Å²) in [6, 6.07) is 13.9. The number of fused-ring (bicyclic) bond motifs is 2. The van der Waals surface area contributed by atoms with Crippen LogP contribution in [0.1, 0.15) is 62.2 Å². The molecule has 1 saturated carbocycles. The minimum absolute atomic E-state index is 0.00323. The number of hydrogen-bond acceptors (Lipinski definition) is 4. The first kappa shape index (κ1) is 19.9. The molecule has 0 unspecified atom stereocenters. The van der Waals surface area contributed by atoms with E-state index in [1.54, 1.807) is 11.5 Å². The zero-order valence-electron chi connectivity index (χ0n) is 18.5. The van der Waals surface area contributed by atoms with Gasteiger partial charge in [0, 0.05) is 29.8 Å². The van der Waals surface area contributed by atoms with Gasteiger partial charge in [0.25, 0.3) is 0 Å². The van der Waals surface area contributed by atoms with Gasteiger partial charge in [-0.2, -0.15) is 0 Å². The van der Waals surface area contributed by atoms with Crippen LogP contribution in [0.3, 0.4) is 0 Å². The van der Waals surface area contributed by atoms with Crippen molar-refractivity contribution < 1.29 is 19.1 Å². The van der Waals surface area contributed by atoms with E-state index in [9.17, 15) is 9.59 Å². The number of nitrogens with zero attached hydrogens (tertiary/aromatic N) is 1. The second-order valence-electron chi connectivity index (χ2n) is 9.78. The Kier molecular flexibility index (Phi) is 4.30. The summed E-state index contributed by atoms with van der Waals surface area (Å²) in [5.41, 5.74) is 3.30. The van der Waals surface area contributed by atoms with E-state index in [-0.39, 0.29) is 23.9 Å². The summed E-state index contributed by atoms with van der Waals surface area (Å²) in [6.45, 7) is 8.14. The zero-order chi connectivity index (χ0) is 22.0. The lowest BCUT2D eigenvalue weighted by Gasteiger charge is -2.20. The van der Waals surface area contributed by atoms with Gasteiger partial charge in [-0.05, 0) is 54.3 Å². The molecule has 2 aromatic carbocycles. The Morgan fingerprint density at radius 3 is 2.42 bits per heavy atom. The molecule has 5 heteroatoms. The molecule has 0 bridgehead atoms. The molecule has 3 aromatic rings. The minimum atomic E-state index is -0.419. The molecule has 0 saturated heterocycles. The van der Waals surface area contributed by atoms with Crippen molar-refractivity contribution in [2.45, 2.75) is 57.8 Å². The maximum atomic E-state index is 13.3. The number of carbonyl (C=O) groups is 2. The maximum absolute atomic E-state index is 13.3. The molecular formula is C26H27NO4. The molecule has 160 valence electrons. The number of aromatic nitrogens is 1. The number of carbonyl (C=O) groups excluding carboxylic acids is 2. The summed E-state index contributed by atoms with van der Waals surface area (Å²) in [5.74, 6) is 1.69. The van der Waals surface area contributed by atoms with Crippen molar-refractivity contribution >= 4 is 22.6 Å². The van der Waals surface area contributed by atoms with Gasteiger partial charge in [-0.25, -0.2) is 0 Å². The predicted molar refractivity (Wildman–Crippen MR) is 119 cm³/mol. The molecule has 0 spiro atoms. The van der Waals surface area contributed by atoms with Crippen LogP contribution in [-0.2, 0) is 22.0 Å². The van der Waals surface area contributed by atoms with Crippen LogP contribution in [0.15, 0.2) is 42.5 Å². The smallest absolute Gasteiger partial charge is 0.231 e. The van der Waals surface area contributed by atoms with Gasteiger partial charge in [0.1, 0.15) is 5.78 Å². The standard InChI is InChI=1S/C26H27NO4/c1-16(28)27-20-7-5-17(11-18(20)13-23(27)25(2,3)4)12-24(29)26(9-10-26)19-6-8-21-22(14-19)31-15-30-21/h5-8,11,13-14H,9-10,12,15H2,1-4H3. The van der Waals surface area contributed by atoms with Gasteiger partial charge in [-0.15, -0.1) is 0 Å². The van der Waals surface area contributed by atoms with Crippen LogP contribution < -0.4 is 9.47 Å². The Labute approximate surface area is 182 Å². The summed E-state index contributed by atoms with van der Waals surface area (Å²) >= 11 is 0. The summed E-state index contributed by atoms with van der Waals surface area (Å²) in [6.07, 6.45) is 2.10. The van der Waals surface area contributed by atoms with Crippen molar-refractivity contribution in [1.82, 2.24) is 4.57 Å². The predicted octanol–water partition coefficient (Wildman–Crippen LogP) is 5.17. The molecule has 1 fully saturated rings. The number of rotatable bonds is 4. The summed E-state index contributed by atoms with van der Waals surface area (Å²) in [4.78, 5) is 25.7. The molecule has 1 aromatic heterocycles. The fourth-order valence-electron chi connectivity index (χ4n) is 4.67. The maximum Gasteiger partial charge on any atom is 0.231 e. The van der Waals surface area contributed by atoms with Crippen LogP contribution in [0.4, 0.5) is 0 Å². The fourth-order valence-corrected chi connectivity index (χ4v) is 4.67. The topological polar surface area (TPSA) is 57.5 Å². The van der Waals surface area contributed by atoms with Gasteiger partial charge < -0.3 is 9.47 Å². The van der Waals surface area contributed by atoms with E-state index in [4.69, 9.17) is 9.47 Å². The number of benzene rings is 2. The summed E-state index contributed by atoms with van der Waals surface area (Å²) < 4.78 is 12.7. The van der Waals surface area contributed by atoms with Crippen LogP contribution >= 0.6 is 0 Å². The Bertz CT molecular complexity index is 1220.